The topological polar surface area (TPSA) is 100 Å². The van der Waals surface area contributed by atoms with Crippen LogP contribution in [-0.4, -0.2) is 67.0 Å². The van der Waals surface area contributed by atoms with Gasteiger partial charge in [-0.25, -0.2) is 9.79 Å². The second kappa shape index (κ2) is 13.6. The highest BCUT2D eigenvalue weighted by Gasteiger charge is 2.41. The predicted molar refractivity (Wildman–Crippen MR) is 161 cm³/mol. The van der Waals surface area contributed by atoms with E-state index < -0.39 is 54.1 Å². The second-order valence-corrected chi connectivity index (χ2v) is 12.0. The van der Waals surface area contributed by atoms with Crippen molar-refractivity contribution in [2.24, 2.45) is 4.99 Å². The summed E-state index contributed by atoms with van der Waals surface area (Å²) in [6.07, 6.45) is -10.2. The number of hydrazine groups is 3. The summed E-state index contributed by atoms with van der Waals surface area (Å²) in [5.41, 5.74) is 3.90. The molecule has 0 spiro atoms. The van der Waals surface area contributed by atoms with Crippen LogP contribution in [0.15, 0.2) is 41.4 Å². The molecule has 3 heterocycles. The minimum atomic E-state index is -5.01. The number of aliphatic imine (C=N–C) groups is 1. The maximum Gasteiger partial charge on any atom is 0.416 e. The van der Waals surface area contributed by atoms with Crippen molar-refractivity contribution in [1.82, 2.24) is 21.1 Å². The van der Waals surface area contributed by atoms with Gasteiger partial charge < -0.3 is 18.9 Å². The molecule has 0 aromatic heterocycles. The normalized spacial score (nSPS) is 23.7. The van der Waals surface area contributed by atoms with Gasteiger partial charge in [0.25, 0.3) is 0 Å². The van der Waals surface area contributed by atoms with Crippen molar-refractivity contribution in [2.45, 2.75) is 83.4 Å². The Morgan fingerprint density at radius 1 is 1.06 bits per heavy atom. The van der Waals surface area contributed by atoms with Crippen LogP contribution in [0.4, 0.5) is 36.8 Å². The fourth-order valence-corrected chi connectivity index (χ4v) is 5.98. The van der Waals surface area contributed by atoms with Crippen LogP contribution in [0, 0.1) is 0 Å². The van der Waals surface area contributed by atoms with E-state index in [1.54, 1.807) is 43.9 Å². The van der Waals surface area contributed by atoms with Crippen LogP contribution >= 0.6 is 0 Å². The van der Waals surface area contributed by atoms with Crippen LogP contribution < -0.4 is 20.6 Å². The van der Waals surface area contributed by atoms with E-state index in [1.165, 1.54) is 17.2 Å². The van der Waals surface area contributed by atoms with Gasteiger partial charge >= 0.3 is 18.4 Å². The number of rotatable bonds is 8. The van der Waals surface area contributed by atoms with Gasteiger partial charge in [0, 0.05) is 11.6 Å². The van der Waals surface area contributed by atoms with Crippen LogP contribution in [0.5, 0.6) is 5.75 Å². The highest BCUT2D eigenvalue weighted by Crippen LogP contribution is 2.43. The molecule has 0 bridgehead atoms. The van der Waals surface area contributed by atoms with Gasteiger partial charge in [0.15, 0.2) is 5.79 Å². The van der Waals surface area contributed by atoms with Crippen LogP contribution in [0.25, 0.3) is 0 Å². The van der Waals surface area contributed by atoms with Crippen LogP contribution in [-0.2, 0) is 33.1 Å². The van der Waals surface area contributed by atoms with Gasteiger partial charge in [-0.05, 0) is 75.6 Å². The number of anilines is 1. The molecular formula is C31H38F6N6O5. The molecule has 2 N–H and O–H groups in total. The standard InChI is InChI=1S/C31H38F6N6O5/c1-6-21-13-25(24-14-22(45-5)8-9-26(24)43(21)28(44)46-7-2)38-27-39-40-42(16-23-17-47-29(3,4)48-23)41(27)15-18-10-19(30(32,33)34)12-20(11-18)31(35,36)37/h8-12,14,21,23,25,40H,6-7,13,15-17H2,1-5H3,(H,38,39)/t21-,23?,25+/m1/s1. The number of alkyl halides is 6. The van der Waals surface area contributed by atoms with Crippen LogP contribution in [0.1, 0.15) is 68.8 Å². The Hall–Kier alpha value is -3.80. The van der Waals surface area contributed by atoms with E-state index in [4.69, 9.17) is 23.9 Å². The molecule has 3 aliphatic rings. The molecule has 17 heteroatoms. The smallest absolute Gasteiger partial charge is 0.416 e. The van der Waals surface area contributed by atoms with Crippen molar-refractivity contribution in [3.8, 4) is 5.75 Å². The van der Waals surface area contributed by atoms with Crippen LogP contribution in [0.3, 0.4) is 0 Å². The molecule has 48 heavy (non-hydrogen) atoms. The van der Waals surface area contributed by atoms with Crippen LogP contribution in [0.2, 0.25) is 0 Å². The summed E-state index contributed by atoms with van der Waals surface area (Å²) in [4.78, 5) is 19.6. The van der Waals surface area contributed by atoms with E-state index in [1.807, 2.05) is 6.92 Å². The minimum Gasteiger partial charge on any atom is -0.497 e. The first kappa shape index (κ1) is 35.5. The number of carbonyl (C=O) groups excluding carboxylic acids is 1. The summed E-state index contributed by atoms with van der Waals surface area (Å²) >= 11 is 0. The highest BCUT2D eigenvalue weighted by molar-refractivity contribution is 5.91. The number of halogens is 6. The zero-order chi connectivity index (χ0) is 35.0. The molecule has 11 nitrogen and oxygen atoms in total. The van der Waals surface area contributed by atoms with Crippen molar-refractivity contribution in [1.29, 1.82) is 0 Å². The molecule has 3 atom stereocenters. The Bertz CT molecular complexity index is 1490. The van der Waals surface area contributed by atoms with Crippen molar-refractivity contribution < 1.29 is 50.1 Å². The predicted octanol–water partition coefficient (Wildman–Crippen LogP) is 6.17. The molecule has 2 saturated heterocycles. The van der Waals surface area contributed by atoms with Gasteiger partial charge in [-0.15, -0.1) is 10.7 Å². The number of hydrogen-bond acceptors (Lipinski definition) is 8. The largest absolute Gasteiger partial charge is 0.497 e. The van der Waals surface area contributed by atoms with Gasteiger partial charge in [0.1, 0.15) is 11.9 Å². The molecule has 3 aliphatic heterocycles. The molecular weight excluding hydrogens is 650 g/mol. The molecule has 0 saturated carbocycles. The first-order chi connectivity index (χ1) is 22.5. The molecule has 0 radical (unpaired) electrons. The highest BCUT2D eigenvalue weighted by atomic mass is 19.4. The average molecular weight is 689 g/mol. The summed E-state index contributed by atoms with van der Waals surface area (Å²) in [6.45, 7) is 7.12. The van der Waals surface area contributed by atoms with Gasteiger partial charge in [-0.3, -0.25) is 15.3 Å². The van der Waals surface area contributed by atoms with Crippen molar-refractivity contribution in [3.05, 3.63) is 58.7 Å². The number of guanidine groups is 1. The Labute approximate surface area is 273 Å². The lowest BCUT2D eigenvalue weighted by molar-refractivity contribution is -0.146. The molecule has 1 unspecified atom stereocenters. The Kier molecular flexibility index (Phi) is 10.1. The SMILES string of the molecule is CCOC(=O)N1c2ccc(OC)cc2[C@@H](N=C2NNN(CC3COC(C)(C)O3)N2Cc2cc(C(F)(F)F)cc(C(F)(F)F)c2)C[C@H]1CC. The number of hydrogen-bond donors (Lipinski definition) is 2. The number of nitrogens with one attached hydrogen (secondary N) is 2. The minimum absolute atomic E-state index is 0.0923. The third-order valence-corrected chi connectivity index (χ3v) is 8.18. The van der Waals surface area contributed by atoms with Gasteiger partial charge in [-0.2, -0.15) is 26.3 Å². The quantitative estimate of drug-likeness (QED) is 0.316. The summed E-state index contributed by atoms with van der Waals surface area (Å²) < 4.78 is 105. The third kappa shape index (κ3) is 7.74. The number of nitrogens with zero attached hydrogens (tertiary/aromatic N) is 4. The van der Waals surface area contributed by atoms with E-state index in [0.717, 1.165) is 0 Å². The van der Waals surface area contributed by atoms with Gasteiger partial charge in [-0.1, -0.05) is 6.92 Å². The van der Waals surface area contributed by atoms with Crippen molar-refractivity contribution in [2.75, 3.05) is 31.8 Å². The van der Waals surface area contributed by atoms with E-state index in [2.05, 4.69) is 11.0 Å². The Morgan fingerprint density at radius 2 is 1.75 bits per heavy atom. The zero-order valence-corrected chi connectivity index (χ0v) is 27.0. The van der Waals surface area contributed by atoms with Gasteiger partial charge in [0.05, 0.1) is 56.3 Å². The maximum absolute atomic E-state index is 13.7. The second-order valence-electron chi connectivity index (χ2n) is 12.0. The third-order valence-electron chi connectivity index (χ3n) is 8.18. The number of amides is 1. The number of benzene rings is 2. The summed E-state index contributed by atoms with van der Waals surface area (Å²) in [5, 5.41) is 2.89. The lowest BCUT2D eigenvalue weighted by Gasteiger charge is -2.39. The monoisotopic (exact) mass is 688 g/mol. The fraction of sp³-hybridized carbons (Fsp3) is 0.548. The zero-order valence-electron chi connectivity index (χ0n) is 27.0. The Balaban J connectivity index is 1.56. The number of ether oxygens (including phenoxy) is 4. The molecule has 264 valence electrons. The average Bonchev–Trinajstić information content (AvgIpc) is 3.56. The summed E-state index contributed by atoms with van der Waals surface area (Å²) in [5.74, 6) is -0.261. The van der Waals surface area contributed by atoms with E-state index in [9.17, 15) is 31.1 Å². The molecule has 2 aromatic rings. The Morgan fingerprint density at radius 3 is 2.31 bits per heavy atom. The maximum atomic E-state index is 13.7. The molecule has 2 aromatic carbocycles. The van der Waals surface area contributed by atoms with E-state index >= 15 is 0 Å². The number of methoxy groups -OCH3 is 1. The molecule has 2 fully saturated rings. The molecule has 0 aliphatic carbocycles. The summed E-state index contributed by atoms with van der Waals surface area (Å²) in [7, 11) is 1.49. The first-order valence-electron chi connectivity index (χ1n) is 15.4. The van der Waals surface area contributed by atoms with Gasteiger partial charge in [0.2, 0.25) is 5.96 Å². The molecule has 1 amide bonds. The summed E-state index contributed by atoms with van der Waals surface area (Å²) in [6, 6.07) is 5.70. The van der Waals surface area contributed by atoms with Crippen molar-refractivity contribution in [3.63, 3.8) is 0 Å². The number of carbonyl (C=O) groups is 1. The lowest BCUT2D eigenvalue weighted by atomic mass is 9.90. The van der Waals surface area contributed by atoms with E-state index in [0.29, 0.717) is 42.0 Å². The number of fused-ring (bicyclic) bond motifs is 1. The lowest BCUT2D eigenvalue weighted by Crippen LogP contribution is -2.48. The fourth-order valence-electron chi connectivity index (χ4n) is 5.98. The molecule has 5 rings (SSSR count). The first-order valence-corrected chi connectivity index (χ1v) is 15.4. The van der Waals surface area contributed by atoms with Crippen molar-refractivity contribution >= 4 is 17.7 Å². The van der Waals surface area contributed by atoms with E-state index in [-0.39, 0.29) is 43.4 Å².